The molecule has 2 N–H and O–H groups in total. The van der Waals surface area contributed by atoms with Gasteiger partial charge in [0.05, 0.1) is 21.8 Å². The van der Waals surface area contributed by atoms with E-state index in [2.05, 4.69) is 15.9 Å². The van der Waals surface area contributed by atoms with Gasteiger partial charge in [0.15, 0.2) is 11.5 Å². The Balaban J connectivity index is 1.24. The van der Waals surface area contributed by atoms with Gasteiger partial charge < -0.3 is 19.7 Å². The molecule has 8 atom stereocenters. The molecule has 2 bridgehead atoms. The number of hydrogen-bond donors (Lipinski definition) is 2. The van der Waals surface area contributed by atoms with Crippen molar-refractivity contribution in [2.24, 2.45) is 5.92 Å². The molecule has 0 amide bonds. The first-order chi connectivity index (χ1) is 16.1. The van der Waals surface area contributed by atoms with Crippen molar-refractivity contribution >= 4 is 23.5 Å². The molecule has 2 saturated carbocycles. The van der Waals surface area contributed by atoms with E-state index < -0.39 is 16.6 Å². The molecule has 3 aliphatic carbocycles. The molecule has 6 fully saturated rings. The first-order valence-electron chi connectivity index (χ1n) is 12.7. The third-order valence-corrected chi connectivity index (χ3v) is 13.3. The van der Waals surface area contributed by atoms with Crippen LogP contribution in [0.25, 0.3) is 0 Å². The minimum atomic E-state index is -0.837. The van der Waals surface area contributed by atoms with Gasteiger partial charge in [-0.1, -0.05) is 6.07 Å². The van der Waals surface area contributed by atoms with Gasteiger partial charge in [-0.3, -0.25) is 4.90 Å². The van der Waals surface area contributed by atoms with E-state index in [9.17, 15) is 10.2 Å². The maximum absolute atomic E-state index is 12.7. The van der Waals surface area contributed by atoms with E-state index in [1.807, 2.05) is 29.6 Å². The number of fused-ring (bicyclic) bond motifs is 2. The zero-order valence-corrected chi connectivity index (χ0v) is 20.2. The number of benzene rings is 1. The molecular weight excluding hydrogens is 456 g/mol. The van der Waals surface area contributed by atoms with Crippen LogP contribution in [0.2, 0.25) is 0 Å². The molecule has 9 rings (SSSR count). The molecule has 8 aliphatic rings. The fraction of sp³-hybridized carbons (Fsp3) is 0.760. The lowest BCUT2D eigenvalue weighted by molar-refractivity contribution is -0.241. The first kappa shape index (κ1) is 19.5. The molecule has 0 unspecified atom stereocenters. The number of ether oxygens (including phenoxy) is 2. The van der Waals surface area contributed by atoms with E-state index in [0.29, 0.717) is 11.1 Å². The molecule has 33 heavy (non-hydrogen) atoms. The van der Waals surface area contributed by atoms with Crippen molar-refractivity contribution in [3.8, 4) is 11.5 Å². The van der Waals surface area contributed by atoms with E-state index in [4.69, 9.17) is 9.47 Å². The number of nitrogens with zero attached hydrogens (tertiary/aromatic N) is 2. The van der Waals surface area contributed by atoms with Crippen molar-refractivity contribution < 1.29 is 19.7 Å². The highest BCUT2D eigenvalue weighted by Crippen LogP contribution is 2.71. The van der Waals surface area contributed by atoms with Crippen molar-refractivity contribution in [1.29, 1.82) is 0 Å². The van der Waals surface area contributed by atoms with Crippen molar-refractivity contribution in [3.63, 3.8) is 0 Å². The summed E-state index contributed by atoms with van der Waals surface area (Å²) in [6.45, 7) is 2.11. The maximum Gasteiger partial charge on any atom is 0.165 e. The Morgan fingerprint density at radius 1 is 1.12 bits per heavy atom. The zero-order chi connectivity index (χ0) is 21.7. The number of thioether (sulfide) groups is 2. The van der Waals surface area contributed by atoms with Crippen molar-refractivity contribution in [2.75, 3.05) is 24.6 Å². The predicted octanol–water partition coefficient (Wildman–Crippen LogP) is 2.50. The SMILES string of the molecule is Oc1ccc2c3c1O[C@H]1[C@]4(CC[C@@]5(O)[C@@H](C2)N(CC2CC2)CC[C@]315)O[C@H]1CS[C@H]2CS[C@@H]4N12. The van der Waals surface area contributed by atoms with E-state index in [1.54, 1.807) is 0 Å². The second-order valence-electron chi connectivity index (χ2n) is 11.7. The molecule has 1 aromatic carbocycles. The summed E-state index contributed by atoms with van der Waals surface area (Å²) in [5.41, 5.74) is 0.615. The highest BCUT2D eigenvalue weighted by molar-refractivity contribution is 8.04. The average Bonchev–Trinajstić information content (AvgIpc) is 3.14. The lowest BCUT2D eigenvalue weighted by Gasteiger charge is -2.66. The van der Waals surface area contributed by atoms with Crippen molar-refractivity contribution in [3.05, 3.63) is 23.3 Å². The standard InChI is InChI=1S/C25H30N2O4S2/c28-15-4-3-14-9-16-25(29)6-5-24(22-27-17(31-24)11-32-18(27)12-33-22)21-23(25,19(14)20(15)30-21)7-8-26(16)10-13-1-2-13/h3-4,13,16-18,21-22,28-29H,1-2,5-12H2/t16-,17+,18+,21-,22+,23+,24+,25-/m1/s1. The van der Waals surface area contributed by atoms with Crippen LogP contribution in [0.3, 0.4) is 0 Å². The quantitative estimate of drug-likeness (QED) is 0.661. The summed E-state index contributed by atoms with van der Waals surface area (Å²) in [5, 5.41) is 24.5. The highest BCUT2D eigenvalue weighted by Gasteiger charge is 2.80. The number of piperidine rings is 1. The summed E-state index contributed by atoms with van der Waals surface area (Å²) >= 11 is 4.05. The number of phenolic OH excluding ortho intramolecular Hbond substituents is 1. The minimum absolute atomic E-state index is 0.124. The Hall–Kier alpha value is -0.640. The molecule has 5 aliphatic heterocycles. The van der Waals surface area contributed by atoms with Crippen molar-refractivity contribution in [1.82, 2.24) is 9.80 Å². The Morgan fingerprint density at radius 2 is 2.03 bits per heavy atom. The van der Waals surface area contributed by atoms with Gasteiger partial charge in [-0.25, -0.2) is 4.90 Å². The van der Waals surface area contributed by atoms with Crippen LogP contribution >= 0.6 is 23.5 Å². The summed E-state index contributed by atoms with van der Waals surface area (Å²) in [4.78, 5) is 5.21. The number of phenols is 1. The monoisotopic (exact) mass is 486 g/mol. The minimum Gasteiger partial charge on any atom is -0.504 e. The third kappa shape index (κ3) is 2.07. The van der Waals surface area contributed by atoms with E-state index in [0.717, 1.165) is 61.8 Å². The summed E-state index contributed by atoms with van der Waals surface area (Å²) in [7, 11) is 0. The van der Waals surface area contributed by atoms with Crippen LogP contribution in [0.15, 0.2) is 12.1 Å². The topological polar surface area (TPSA) is 65.4 Å². The summed E-state index contributed by atoms with van der Waals surface area (Å²) in [6, 6.07) is 4.03. The fourth-order valence-electron chi connectivity index (χ4n) is 8.93. The Kier molecular flexibility index (Phi) is 3.56. The lowest BCUT2D eigenvalue weighted by atomic mass is 9.46. The van der Waals surface area contributed by atoms with Crippen LogP contribution in [0.5, 0.6) is 11.5 Å². The van der Waals surface area contributed by atoms with Crippen LogP contribution < -0.4 is 4.74 Å². The normalized spacial score (nSPS) is 51.1. The first-order valence-corrected chi connectivity index (χ1v) is 14.8. The lowest BCUT2D eigenvalue weighted by Crippen LogP contribution is -2.80. The number of rotatable bonds is 2. The smallest absolute Gasteiger partial charge is 0.165 e. The molecule has 8 heteroatoms. The summed E-state index contributed by atoms with van der Waals surface area (Å²) < 4.78 is 13.9. The Labute approximate surface area is 202 Å². The van der Waals surface area contributed by atoms with Gasteiger partial charge in [0.2, 0.25) is 0 Å². The van der Waals surface area contributed by atoms with Gasteiger partial charge in [-0.05, 0) is 62.6 Å². The van der Waals surface area contributed by atoms with Crippen LogP contribution in [-0.4, -0.2) is 84.9 Å². The Morgan fingerprint density at radius 3 is 2.91 bits per heavy atom. The molecule has 5 heterocycles. The highest BCUT2D eigenvalue weighted by atomic mass is 32.2. The van der Waals surface area contributed by atoms with Crippen LogP contribution in [0.1, 0.15) is 43.2 Å². The predicted molar refractivity (Wildman–Crippen MR) is 127 cm³/mol. The molecule has 1 aromatic rings. The second-order valence-corrected chi connectivity index (χ2v) is 14.0. The summed E-state index contributed by atoms with van der Waals surface area (Å²) in [5.74, 6) is 3.83. The second kappa shape index (κ2) is 6.01. The number of hydrogen-bond acceptors (Lipinski definition) is 8. The van der Waals surface area contributed by atoms with Gasteiger partial charge in [0.1, 0.15) is 17.9 Å². The fourth-order valence-corrected chi connectivity index (χ4v) is 12.2. The van der Waals surface area contributed by atoms with Gasteiger partial charge >= 0.3 is 0 Å². The van der Waals surface area contributed by atoms with Crippen LogP contribution in [0.4, 0.5) is 0 Å². The Bertz CT molecular complexity index is 1080. The largest absolute Gasteiger partial charge is 0.504 e. The maximum atomic E-state index is 12.7. The molecule has 2 spiro atoms. The number of aliphatic hydroxyl groups is 1. The summed E-state index contributed by atoms with van der Waals surface area (Å²) in [6.07, 6.45) is 5.88. The molecule has 176 valence electrons. The molecule has 4 saturated heterocycles. The van der Waals surface area contributed by atoms with Crippen molar-refractivity contribution in [2.45, 2.75) is 84.3 Å². The van der Waals surface area contributed by atoms with Crippen LogP contribution in [-0.2, 0) is 16.6 Å². The molecule has 0 aromatic heterocycles. The number of aromatic hydroxyl groups is 1. The zero-order valence-electron chi connectivity index (χ0n) is 18.6. The third-order valence-electron chi connectivity index (χ3n) is 10.4. The van der Waals surface area contributed by atoms with E-state index in [-0.39, 0.29) is 29.5 Å². The molecular formula is C25H30N2O4S2. The number of likely N-dealkylation sites (tertiary alicyclic amines) is 1. The van der Waals surface area contributed by atoms with E-state index >= 15 is 0 Å². The van der Waals surface area contributed by atoms with Gasteiger partial charge in [-0.15, -0.1) is 23.5 Å². The van der Waals surface area contributed by atoms with Crippen LogP contribution in [0, 0.1) is 5.92 Å². The van der Waals surface area contributed by atoms with Gasteiger partial charge in [0.25, 0.3) is 0 Å². The van der Waals surface area contributed by atoms with Gasteiger partial charge in [-0.2, -0.15) is 0 Å². The molecule has 6 nitrogen and oxygen atoms in total. The van der Waals surface area contributed by atoms with E-state index in [1.165, 1.54) is 18.4 Å². The average molecular weight is 487 g/mol. The van der Waals surface area contributed by atoms with Gasteiger partial charge in [0, 0.05) is 29.7 Å². The molecule has 0 radical (unpaired) electrons.